The van der Waals surface area contributed by atoms with Gasteiger partial charge in [0.25, 0.3) is 10.0 Å². The molecule has 0 aliphatic heterocycles. The maximum absolute atomic E-state index is 12.1. The summed E-state index contributed by atoms with van der Waals surface area (Å²) in [6, 6.07) is 9.21. The van der Waals surface area contributed by atoms with Crippen molar-refractivity contribution in [3.8, 4) is 12.1 Å². The van der Waals surface area contributed by atoms with Crippen molar-refractivity contribution in [2.75, 3.05) is 4.72 Å². The fourth-order valence-corrected chi connectivity index (χ4v) is 2.46. The summed E-state index contributed by atoms with van der Waals surface area (Å²) >= 11 is 0. The van der Waals surface area contributed by atoms with Crippen molar-refractivity contribution in [3.63, 3.8) is 0 Å². The summed E-state index contributed by atoms with van der Waals surface area (Å²) in [6.07, 6.45) is 1.21. The molecule has 0 bridgehead atoms. The highest BCUT2D eigenvalue weighted by Gasteiger charge is 2.17. The third-order valence-corrected chi connectivity index (χ3v) is 3.62. The highest BCUT2D eigenvalue weighted by molar-refractivity contribution is 7.92. The Labute approximate surface area is 109 Å². The van der Waals surface area contributed by atoms with E-state index in [-0.39, 0.29) is 21.8 Å². The standard InChI is InChI=1S/C11H7N5O2S/c12-5-8-2-1-3-10(4-8)19(17,18)16-11-9(6-13)7-14-15-11/h1-4,7H,(H2,14,15,16). The number of H-pyrrole nitrogens is 1. The van der Waals surface area contributed by atoms with Crippen molar-refractivity contribution < 1.29 is 8.42 Å². The monoisotopic (exact) mass is 273 g/mol. The lowest BCUT2D eigenvalue weighted by Crippen LogP contribution is -2.14. The summed E-state index contributed by atoms with van der Waals surface area (Å²) in [5.41, 5.74) is 0.313. The highest BCUT2D eigenvalue weighted by atomic mass is 32.2. The van der Waals surface area contributed by atoms with Crippen LogP contribution in [-0.4, -0.2) is 18.6 Å². The van der Waals surface area contributed by atoms with Crippen LogP contribution in [0.3, 0.4) is 0 Å². The van der Waals surface area contributed by atoms with Crippen molar-refractivity contribution in [2.24, 2.45) is 0 Å². The second-order valence-electron chi connectivity index (χ2n) is 3.52. The Balaban J connectivity index is 2.39. The van der Waals surface area contributed by atoms with E-state index in [1.54, 1.807) is 6.07 Å². The zero-order valence-corrected chi connectivity index (χ0v) is 10.3. The molecule has 2 N–H and O–H groups in total. The van der Waals surface area contributed by atoms with Crippen LogP contribution in [0.2, 0.25) is 0 Å². The van der Waals surface area contributed by atoms with Crippen LogP contribution in [0.25, 0.3) is 0 Å². The summed E-state index contributed by atoms with van der Waals surface area (Å²) in [7, 11) is -3.87. The number of rotatable bonds is 3. The first-order valence-corrected chi connectivity index (χ1v) is 6.51. The van der Waals surface area contributed by atoms with Gasteiger partial charge in [-0.05, 0) is 18.2 Å². The molecule has 0 aliphatic rings. The lowest BCUT2D eigenvalue weighted by Gasteiger charge is -2.06. The van der Waals surface area contributed by atoms with Gasteiger partial charge in [-0.3, -0.25) is 9.82 Å². The molecule has 1 aromatic heterocycles. The average molecular weight is 273 g/mol. The van der Waals surface area contributed by atoms with E-state index in [4.69, 9.17) is 10.5 Å². The molecule has 1 aromatic carbocycles. The number of anilines is 1. The van der Waals surface area contributed by atoms with Gasteiger partial charge < -0.3 is 0 Å². The highest BCUT2D eigenvalue weighted by Crippen LogP contribution is 2.17. The van der Waals surface area contributed by atoms with Crippen molar-refractivity contribution in [1.82, 2.24) is 10.2 Å². The number of aromatic amines is 1. The number of sulfonamides is 1. The molecule has 2 aromatic rings. The van der Waals surface area contributed by atoms with Gasteiger partial charge in [0, 0.05) is 0 Å². The van der Waals surface area contributed by atoms with E-state index >= 15 is 0 Å². The Kier molecular flexibility index (Phi) is 3.19. The molecule has 2 rings (SSSR count). The van der Waals surface area contributed by atoms with Crippen molar-refractivity contribution >= 4 is 15.8 Å². The normalized spacial score (nSPS) is 10.4. The molecule has 0 fully saturated rings. The van der Waals surface area contributed by atoms with Crippen LogP contribution in [0.4, 0.5) is 5.82 Å². The van der Waals surface area contributed by atoms with E-state index in [1.807, 2.05) is 6.07 Å². The van der Waals surface area contributed by atoms with Gasteiger partial charge in [-0.25, -0.2) is 8.42 Å². The van der Waals surface area contributed by atoms with E-state index in [0.717, 1.165) is 0 Å². The summed E-state index contributed by atoms with van der Waals surface area (Å²) in [6.45, 7) is 0. The molecule has 0 aliphatic carbocycles. The van der Waals surface area contributed by atoms with Crippen LogP contribution < -0.4 is 4.72 Å². The lowest BCUT2D eigenvalue weighted by atomic mass is 10.2. The minimum Gasteiger partial charge on any atom is -0.263 e. The first-order valence-electron chi connectivity index (χ1n) is 5.03. The number of aromatic nitrogens is 2. The van der Waals surface area contributed by atoms with Gasteiger partial charge >= 0.3 is 0 Å². The Morgan fingerprint density at radius 2 is 2.05 bits per heavy atom. The topological polar surface area (TPSA) is 122 Å². The van der Waals surface area contributed by atoms with Crippen molar-refractivity contribution in [1.29, 1.82) is 10.5 Å². The molecule has 1 heterocycles. The van der Waals surface area contributed by atoms with Gasteiger partial charge in [-0.2, -0.15) is 15.6 Å². The average Bonchev–Trinajstić information content (AvgIpc) is 2.85. The van der Waals surface area contributed by atoms with Gasteiger partial charge in [0.2, 0.25) is 0 Å². The van der Waals surface area contributed by atoms with Gasteiger partial charge in [-0.1, -0.05) is 6.07 Å². The van der Waals surface area contributed by atoms with Crippen molar-refractivity contribution in [3.05, 3.63) is 41.6 Å². The number of benzene rings is 1. The van der Waals surface area contributed by atoms with Gasteiger partial charge in [0.05, 0.1) is 22.7 Å². The Hall–Kier alpha value is -2.84. The van der Waals surface area contributed by atoms with Crippen LogP contribution in [0, 0.1) is 22.7 Å². The quantitative estimate of drug-likeness (QED) is 0.862. The maximum atomic E-state index is 12.1. The zero-order valence-electron chi connectivity index (χ0n) is 9.45. The third kappa shape index (κ3) is 2.54. The minimum atomic E-state index is -3.87. The SMILES string of the molecule is N#Cc1cccc(S(=O)(=O)Nc2[nH]ncc2C#N)c1. The second kappa shape index (κ2) is 4.80. The summed E-state index contributed by atoms with van der Waals surface area (Å²) in [5.74, 6) is -0.00939. The van der Waals surface area contributed by atoms with Crippen LogP contribution in [0.1, 0.15) is 11.1 Å². The molecule has 0 spiro atoms. The van der Waals surface area contributed by atoms with E-state index in [9.17, 15) is 8.42 Å². The fourth-order valence-electron chi connectivity index (χ4n) is 1.37. The van der Waals surface area contributed by atoms with Crippen LogP contribution in [0.5, 0.6) is 0 Å². The Morgan fingerprint density at radius 1 is 1.26 bits per heavy atom. The fraction of sp³-hybridized carbons (Fsp3) is 0. The van der Waals surface area contributed by atoms with Gasteiger partial charge in [0.1, 0.15) is 11.6 Å². The predicted octanol–water partition coefficient (Wildman–Crippen LogP) is 0.954. The molecular formula is C11H7N5O2S. The Morgan fingerprint density at radius 3 is 2.74 bits per heavy atom. The van der Waals surface area contributed by atoms with Crippen LogP contribution >= 0.6 is 0 Å². The van der Waals surface area contributed by atoms with E-state index in [2.05, 4.69) is 14.9 Å². The lowest BCUT2D eigenvalue weighted by molar-refractivity contribution is 0.601. The first-order chi connectivity index (χ1) is 9.06. The molecular weight excluding hydrogens is 266 g/mol. The third-order valence-electron chi connectivity index (χ3n) is 2.27. The number of nitrogens with zero attached hydrogens (tertiary/aromatic N) is 3. The molecule has 0 radical (unpaired) electrons. The molecule has 0 unspecified atom stereocenters. The molecule has 8 heteroatoms. The van der Waals surface area contributed by atoms with E-state index in [0.29, 0.717) is 0 Å². The van der Waals surface area contributed by atoms with Crippen molar-refractivity contribution in [2.45, 2.75) is 4.90 Å². The number of hydrogen-bond acceptors (Lipinski definition) is 5. The number of hydrogen-bond donors (Lipinski definition) is 2. The zero-order chi connectivity index (χ0) is 13.9. The molecule has 0 saturated heterocycles. The number of nitriles is 2. The second-order valence-corrected chi connectivity index (χ2v) is 5.20. The smallest absolute Gasteiger partial charge is 0.263 e. The Bertz CT molecular complexity index is 795. The largest absolute Gasteiger partial charge is 0.263 e. The van der Waals surface area contributed by atoms with Crippen LogP contribution in [-0.2, 0) is 10.0 Å². The molecule has 7 nitrogen and oxygen atoms in total. The minimum absolute atomic E-state index is 0.00939. The van der Waals surface area contributed by atoms with E-state index in [1.165, 1.54) is 30.5 Å². The molecule has 94 valence electrons. The van der Waals surface area contributed by atoms with Gasteiger partial charge in [-0.15, -0.1) is 0 Å². The maximum Gasteiger partial charge on any atom is 0.263 e. The van der Waals surface area contributed by atoms with E-state index < -0.39 is 10.0 Å². The van der Waals surface area contributed by atoms with Gasteiger partial charge in [0.15, 0.2) is 5.82 Å². The molecule has 19 heavy (non-hydrogen) atoms. The summed E-state index contributed by atoms with van der Waals surface area (Å²) in [4.78, 5) is -0.0648. The summed E-state index contributed by atoms with van der Waals surface area (Å²) in [5, 5.41) is 23.5. The first kappa shape index (κ1) is 12.6. The molecule has 0 atom stereocenters. The molecule has 0 amide bonds. The molecule has 0 saturated carbocycles. The van der Waals surface area contributed by atoms with Crippen LogP contribution in [0.15, 0.2) is 35.4 Å². The number of nitrogens with one attached hydrogen (secondary N) is 2. The summed E-state index contributed by atoms with van der Waals surface area (Å²) < 4.78 is 26.3. The predicted molar refractivity (Wildman–Crippen MR) is 65.3 cm³/mol.